The molecule has 2 aromatic heterocycles. The van der Waals surface area contributed by atoms with Gasteiger partial charge in [0.05, 0.1) is 21.6 Å². The van der Waals surface area contributed by atoms with E-state index in [2.05, 4.69) is 9.97 Å². The number of rotatable bonds is 6. The standard InChI is InChI=1S/C13H12N2OS2/c16-11(9-17-12-5-1-3-7-14-12)10-18-13-6-2-4-8-15-13/h1-8H,9-10H2. The van der Waals surface area contributed by atoms with Gasteiger partial charge in [0.25, 0.3) is 0 Å². The molecule has 0 aromatic carbocycles. The van der Waals surface area contributed by atoms with Gasteiger partial charge in [0, 0.05) is 12.4 Å². The second kappa shape index (κ2) is 7.18. The summed E-state index contributed by atoms with van der Waals surface area (Å²) in [6.07, 6.45) is 3.46. The van der Waals surface area contributed by atoms with E-state index in [0.717, 1.165) is 10.1 Å². The topological polar surface area (TPSA) is 42.9 Å². The van der Waals surface area contributed by atoms with Crippen LogP contribution in [-0.2, 0) is 4.79 Å². The third-order valence-electron chi connectivity index (χ3n) is 2.04. The van der Waals surface area contributed by atoms with E-state index in [1.165, 1.54) is 23.5 Å². The molecule has 0 atom stereocenters. The lowest BCUT2D eigenvalue weighted by Crippen LogP contribution is -2.04. The van der Waals surface area contributed by atoms with Crippen molar-refractivity contribution in [2.75, 3.05) is 11.5 Å². The van der Waals surface area contributed by atoms with Gasteiger partial charge in [-0.2, -0.15) is 0 Å². The number of carbonyl (C=O) groups is 1. The van der Waals surface area contributed by atoms with E-state index in [4.69, 9.17) is 0 Å². The Hall–Kier alpha value is -1.33. The molecule has 2 aromatic rings. The number of hydrogen-bond donors (Lipinski definition) is 0. The maximum Gasteiger partial charge on any atom is 0.153 e. The van der Waals surface area contributed by atoms with Crippen LogP contribution in [0, 0.1) is 0 Å². The van der Waals surface area contributed by atoms with Crippen molar-refractivity contribution in [3.05, 3.63) is 48.8 Å². The van der Waals surface area contributed by atoms with Crippen molar-refractivity contribution in [1.29, 1.82) is 0 Å². The van der Waals surface area contributed by atoms with Gasteiger partial charge in [-0.05, 0) is 24.3 Å². The summed E-state index contributed by atoms with van der Waals surface area (Å²) in [7, 11) is 0. The first-order valence-electron chi connectivity index (χ1n) is 5.44. The second-order valence-corrected chi connectivity index (χ2v) is 5.44. The van der Waals surface area contributed by atoms with Crippen molar-refractivity contribution >= 4 is 29.3 Å². The lowest BCUT2D eigenvalue weighted by Gasteiger charge is -2.00. The first kappa shape index (κ1) is 13.1. The third kappa shape index (κ3) is 4.50. The summed E-state index contributed by atoms with van der Waals surface area (Å²) in [6, 6.07) is 11.4. The molecule has 2 rings (SSSR count). The molecule has 0 aliphatic rings. The highest BCUT2D eigenvalue weighted by atomic mass is 32.2. The lowest BCUT2D eigenvalue weighted by atomic mass is 10.5. The minimum atomic E-state index is 0.196. The van der Waals surface area contributed by atoms with Crippen molar-refractivity contribution in [1.82, 2.24) is 9.97 Å². The third-order valence-corrected chi connectivity index (χ3v) is 4.04. The maximum absolute atomic E-state index is 11.7. The number of pyridine rings is 2. The average molecular weight is 276 g/mol. The maximum atomic E-state index is 11.7. The largest absolute Gasteiger partial charge is 0.298 e. The van der Waals surface area contributed by atoms with Gasteiger partial charge in [-0.3, -0.25) is 4.79 Å². The number of ketones is 1. The van der Waals surface area contributed by atoms with E-state index >= 15 is 0 Å². The van der Waals surface area contributed by atoms with Crippen LogP contribution in [0.5, 0.6) is 0 Å². The molecule has 3 nitrogen and oxygen atoms in total. The quantitative estimate of drug-likeness (QED) is 0.759. The monoisotopic (exact) mass is 276 g/mol. The Kier molecular flexibility index (Phi) is 5.23. The molecule has 92 valence electrons. The predicted octanol–water partition coefficient (Wildman–Crippen LogP) is 2.93. The molecule has 0 bridgehead atoms. The summed E-state index contributed by atoms with van der Waals surface area (Å²) in [6.45, 7) is 0. The molecule has 0 radical (unpaired) electrons. The first-order chi connectivity index (χ1) is 8.84. The molecule has 0 saturated carbocycles. The van der Waals surface area contributed by atoms with Gasteiger partial charge >= 0.3 is 0 Å². The summed E-state index contributed by atoms with van der Waals surface area (Å²) < 4.78 is 0. The van der Waals surface area contributed by atoms with Crippen LogP contribution in [0.25, 0.3) is 0 Å². The number of Topliss-reactive ketones (excluding diaryl/α,β-unsaturated/α-hetero) is 1. The fourth-order valence-corrected chi connectivity index (χ4v) is 2.79. The minimum Gasteiger partial charge on any atom is -0.298 e. The molecule has 5 heteroatoms. The van der Waals surface area contributed by atoms with Crippen LogP contribution in [0.1, 0.15) is 0 Å². The van der Waals surface area contributed by atoms with Gasteiger partial charge < -0.3 is 0 Å². The summed E-state index contributed by atoms with van der Waals surface area (Å²) in [5.74, 6) is 1.11. The van der Waals surface area contributed by atoms with Gasteiger partial charge in [-0.25, -0.2) is 9.97 Å². The number of hydrogen-bond acceptors (Lipinski definition) is 5. The van der Waals surface area contributed by atoms with Gasteiger partial charge in [0.2, 0.25) is 0 Å². The number of carbonyl (C=O) groups excluding carboxylic acids is 1. The number of thioether (sulfide) groups is 2. The average Bonchev–Trinajstić information content (AvgIpc) is 2.45. The Labute approximate surface area is 114 Å². The minimum absolute atomic E-state index is 0.196. The fourth-order valence-electron chi connectivity index (χ4n) is 1.22. The van der Waals surface area contributed by atoms with Crippen molar-refractivity contribution in [2.24, 2.45) is 0 Å². The molecule has 0 aliphatic heterocycles. The van der Waals surface area contributed by atoms with Crippen molar-refractivity contribution < 1.29 is 4.79 Å². The number of nitrogens with zero attached hydrogens (tertiary/aromatic N) is 2. The van der Waals surface area contributed by atoms with E-state index in [-0.39, 0.29) is 5.78 Å². The zero-order valence-corrected chi connectivity index (χ0v) is 11.3. The normalized spacial score (nSPS) is 10.2. The van der Waals surface area contributed by atoms with Crippen molar-refractivity contribution in [3.63, 3.8) is 0 Å². The molecular weight excluding hydrogens is 264 g/mol. The van der Waals surface area contributed by atoms with E-state index in [0.29, 0.717) is 11.5 Å². The summed E-state index contributed by atoms with van der Waals surface area (Å²) in [5.41, 5.74) is 0. The zero-order valence-electron chi connectivity index (χ0n) is 9.65. The van der Waals surface area contributed by atoms with Crippen LogP contribution in [0.2, 0.25) is 0 Å². The molecule has 0 spiro atoms. The molecule has 0 saturated heterocycles. The Morgan fingerprint density at radius 3 is 1.78 bits per heavy atom. The lowest BCUT2D eigenvalue weighted by molar-refractivity contribution is -0.114. The number of aromatic nitrogens is 2. The van der Waals surface area contributed by atoms with Crippen LogP contribution in [0.15, 0.2) is 58.8 Å². The predicted molar refractivity (Wildman–Crippen MR) is 74.9 cm³/mol. The summed E-state index contributed by atoms with van der Waals surface area (Å²) >= 11 is 2.94. The molecule has 0 aliphatic carbocycles. The van der Waals surface area contributed by atoms with Crippen molar-refractivity contribution in [3.8, 4) is 0 Å². The SMILES string of the molecule is O=C(CSc1ccccn1)CSc1ccccn1. The molecule has 2 heterocycles. The van der Waals surface area contributed by atoms with Gasteiger partial charge in [-0.15, -0.1) is 0 Å². The molecular formula is C13H12N2OS2. The smallest absolute Gasteiger partial charge is 0.153 e. The van der Waals surface area contributed by atoms with Crippen LogP contribution in [0.3, 0.4) is 0 Å². The van der Waals surface area contributed by atoms with Gasteiger partial charge in [-0.1, -0.05) is 35.7 Å². The van der Waals surface area contributed by atoms with Crippen LogP contribution >= 0.6 is 23.5 Å². The Morgan fingerprint density at radius 2 is 1.39 bits per heavy atom. The molecule has 0 N–H and O–H groups in total. The highest BCUT2D eigenvalue weighted by molar-refractivity contribution is 8.01. The highest BCUT2D eigenvalue weighted by Crippen LogP contribution is 2.17. The second-order valence-electron chi connectivity index (χ2n) is 3.45. The Bertz CT molecular complexity index is 445. The van der Waals surface area contributed by atoms with Gasteiger partial charge in [0.1, 0.15) is 0 Å². The Balaban J connectivity index is 1.73. The first-order valence-corrected chi connectivity index (χ1v) is 7.41. The molecule has 0 unspecified atom stereocenters. The molecule has 0 fully saturated rings. The summed E-state index contributed by atoms with van der Waals surface area (Å²) in [5, 5.41) is 1.77. The molecule has 18 heavy (non-hydrogen) atoms. The van der Waals surface area contributed by atoms with Crippen LogP contribution in [-0.4, -0.2) is 27.3 Å². The molecule has 0 amide bonds. The summed E-state index contributed by atoms with van der Waals surface area (Å²) in [4.78, 5) is 20.0. The fraction of sp³-hybridized carbons (Fsp3) is 0.154. The van der Waals surface area contributed by atoms with Crippen LogP contribution < -0.4 is 0 Å². The zero-order chi connectivity index (χ0) is 12.6. The van der Waals surface area contributed by atoms with E-state index < -0.39 is 0 Å². The van der Waals surface area contributed by atoms with Crippen LogP contribution in [0.4, 0.5) is 0 Å². The van der Waals surface area contributed by atoms with E-state index in [1.807, 2.05) is 36.4 Å². The van der Waals surface area contributed by atoms with E-state index in [1.54, 1.807) is 12.4 Å². The highest BCUT2D eigenvalue weighted by Gasteiger charge is 2.05. The van der Waals surface area contributed by atoms with Crippen molar-refractivity contribution in [2.45, 2.75) is 10.1 Å². The van der Waals surface area contributed by atoms with E-state index in [9.17, 15) is 4.79 Å². The Morgan fingerprint density at radius 1 is 0.889 bits per heavy atom. The van der Waals surface area contributed by atoms with Gasteiger partial charge in [0.15, 0.2) is 5.78 Å².